The Morgan fingerprint density at radius 1 is 1.21 bits per heavy atom. The average molecular weight is 337 g/mol. The van der Waals surface area contributed by atoms with Gasteiger partial charge in [0.25, 0.3) is 0 Å². The monoisotopic (exact) mass is 336 g/mol. The zero-order valence-electron chi connectivity index (χ0n) is 10.1. The molecule has 0 spiro atoms. The summed E-state index contributed by atoms with van der Waals surface area (Å²) in [4.78, 5) is 14.9. The number of hydrogen-bond acceptors (Lipinski definition) is 3. The van der Waals surface area contributed by atoms with E-state index < -0.39 is 6.04 Å². The quantitative estimate of drug-likeness (QED) is 0.876. The van der Waals surface area contributed by atoms with E-state index in [4.69, 9.17) is 5.73 Å². The zero-order chi connectivity index (χ0) is 13.4. The smallest absolute Gasteiger partial charge is 0.242 e. The first kappa shape index (κ1) is 12.8. The second-order valence-corrected chi connectivity index (χ2v) is 7.06. The van der Waals surface area contributed by atoms with Crippen LogP contribution in [0.2, 0.25) is 0 Å². The highest BCUT2D eigenvalue weighted by atomic mass is 79.9. The van der Waals surface area contributed by atoms with Crippen molar-refractivity contribution in [2.45, 2.75) is 18.6 Å². The van der Waals surface area contributed by atoms with Gasteiger partial charge in [0.15, 0.2) is 0 Å². The van der Waals surface area contributed by atoms with Crippen LogP contribution in [0.1, 0.15) is 16.5 Å². The van der Waals surface area contributed by atoms with Crippen molar-refractivity contribution >= 4 is 33.2 Å². The Kier molecular flexibility index (Phi) is 3.43. The van der Waals surface area contributed by atoms with Crippen molar-refractivity contribution in [1.82, 2.24) is 4.90 Å². The molecular weight excluding hydrogens is 324 g/mol. The van der Waals surface area contributed by atoms with E-state index in [0.717, 1.165) is 14.2 Å². The maximum Gasteiger partial charge on any atom is 0.242 e. The standard InChI is InChI=1S/C14H13BrN2OS/c15-11-7-6-10(19-11)13-12(16)14(18)17(13)8-9-4-2-1-3-5-9/h1-7,12-13H,8,16H2. The largest absolute Gasteiger partial charge is 0.327 e. The fourth-order valence-corrected chi connectivity index (χ4v) is 3.93. The molecule has 2 atom stereocenters. The molecule has 1 fully saturated rings. The molecule has 1 aromatic heterocycles. The minimum Gasteiger partial charge on any atom is -0.327 e. The number of carbonyl (C=O) groups is 1. The SMILES string of the molecule is NC1C(=O)N(Cc2ccccc2)C1c1ccc(Br)s1. The van der Waals surface area contributed by atoms with Crippen molar-refractivity contribution in [2.24, 2.45) is 5.73 Å². The van der Waals surface area contributed by atoms with E-state index in [-0.39, 0.29) is 11.9 Å². The van der Waals surface area contributed by atoms with E-state index in [1.165, 1.54) is 0 Å². The molecule has 2 heterocycles. The number of rotatable bonds is 3. The van der Waals surface area contributed by atoms with Gasteiger partial charge in [-0.1, -0.05) is 30.3 Å². The molecule has 0 aliphatic carbocycles. The molecule has 1 amide bonds. The van der Waals surface area contributed by atoms with E-state index >= 15 is 0 Å². The maximum atomic E-state index is 12.0. The van der Waals surface area contributed by atoms with Gasteiger partial charge in [0.05, 0.1) is 9.83 Å². The molecule has 1 aromatic carbocycles. The Bertz CT molecular complexity index is 599. The lowest BCUT2D eigenvalue weighted by atomic mass is 9.93. The van der Waals surface area contributed by atoms with Crippen LogP contribution in [-0.4, -0.2) is 16.8 Å². The fraction of sp³-hybridized carbons (Fsp3) is 0.214. The average Bonchev–Trinajstić information content (AvgIpc) is 2.85. The zero-order valence-corrected chi connectivity index (χ0v) is 12.5. The second-order valence-electron chi connectivity index (χ2n) is 4.56. The Morgan fingerprint density at radius 2 is 1.95 bits per heavy atom. The molecule has 0 radical (unpaired) electrons. The van der Waals surface area contributed by atoms with Crippen LogP contribution in [0.15, 0.2) is 46.3 Å². The van der Waals surface area contributed by atoms with Gasteiger partial charge < -0.3 is 10.6 Å². The molecule has 2 unspecified atom stereocenters. The third-order valence-electron chi connectivity index (χ3n) is 3.33. The molecular formula is C14H13BrN2OS. The minimum absolute atomic E-state index is 0.00371. The summed E-state index contributed by atoms with van der Waals surface area (Å²) in [6.45, 7) is 0.619. The summed E-state index contributed by atoms with van der Waals surface area (Å²) in [5, 5.41) is 0. The van der Waals surface area contributed by atoms with Gasteiger partial charge in [-0.25, -0.2) is 0 Å². The van der Waals surface area contributed by atoms with Gasteiger partial charge in [-0.15, -0.1) is 11.3 Å². The number of thiophene rings is 1. The van der Waals surface area contributed by atoms with E-state index in [1.54, 1.807) is 11.3 Å². The number of halogens is 1. The number of β-lactam (4-membered cyclic amide) rings is 1. The van der Waals surface area contributed by atoms with Gasteiger partial charge in [0.2, 0.25) is 5.91 Å². The summed E-state index contributed by atoms with van der Waals surface area (Å²) in [6.07, 6.45) is 0. The highest BCUT2D eigenvalue weighted by molar-refractivity contribution is 9.11. The lowest BCUT2D eigenvalue weighted by Gasteiger charge is -2.45. The number of nitrogens with two attached hydrogens (primary N) is 1. The summed E-state index contributed by atoms with van der Waals surface area (Å²) in [5.74, 6) is 0.0263. The van der Waals surface area contributed by atoms with Crippen molar-refractivity contribution in [1.29, 1.82) is 0 Å². The van der Waals surface area contributed by atoms with Crippen LogP contribution in [0, 0.1) is 0 Å². The van der Waals surface area contributed by atoms with Crippen molar-refractivity contribution in [2.75, 3.05) is 0 Å². The molecule has 1 aliphatic rings. The molecule has 2 N–H and O–H groups in total. The van der Waals surface area contributed by atoms with Gasteiger partial charge in [-0.05, 0) is 33.6 Å². The van der Waals surface area contributed by atoms with E-state index in [1.807, 2.05) is 47.4 Å². The highest BCUT2D eigenvalue weighted by Crippen LogP contribution is 2.39. The van der Waals surface area contributed by atoms with Gasteiger partial charge in [-0.3, -0.25) is 4.79 Å². The highest BCUT2D eigenvalue weighted by Gasteiger charge is 2.46. The van der Waals surface area contributed by atoms with Crippen LogP contribution in [0.25, 0.3) is 0 Å². The lowest BCUT2D eigenvalue weighted by molar-refractivity contribution is -0.150. The summed E-state index contributed by atoms with van der Waals surface area (Å²) >= 11 is 5.08. The van der Waals surface area contributed by atoms with Crippen molar-refractivity contribution in [3.63, 3.8) is 0 Å². The third kappa shape index (κ3) is 2.33. The van der Waals surface area contributed by atoms with Gasteiger partial charge in [0, 0.05) is 11.4 Å². The number of nitrogens with zero attached hydrogens (tertiary/aromatic N) is 1. The number of amides is 1. The van der Waals surface area contributed by atoms with Crippen molar-refractivity contribution in [3.05, 3.63) is 56.7 Å². The van der Waals surface area contributed by atoms with Crippen LogP contribution < -0.4 is 5.73 Å². The summed E-state index contributed by atoms with van der Waals surface area (Å²) < 4.78 is 1.06. The Balaban J connectivity index is 1.82. The first-order chi connectivity index (χ1) is 9.16. The molecule has 0 bridgehead atoms. The molecule has 0 saturated carbocycles. The van der Waals surface area contributed by atoms with Gasteiger partial charge >= 0.3 is 0 Å². The molecule has 1 aliphatic heterocycles. The summed E-state index contributed by atoms with van der Waals surface area (Å²) in [5.41, 5.74) is 7.08. The van der Waals surface area contributed by atoms with E-state index in [9.17, 15) is 4.79 Å². The van der Waals surface area contributed by atoms with Crippen LogP contribution in [0.5, 0.6) is 0 Å². The van der Waals surface area contributed by atoms with Crippen LogP contribution in [0.3, 0.4) is 0 Å². The Hall–Kier alpha value is -1.17. The number of carbonyl (C=O) groups excluding carboxylic acids is 1. The first-order valence-electron chi connectivity index (χ1n) is 6.02. The Morgan fingerprint density at radius 3 is 2.58 bits per heavy atom. The minimum atomic E-state index is -0.408. The topological polar surface area (TPSA) is 46.3 Å². The normalized spacial score (nSPS) is 22.4. The molecule has 2 aromatic rings. The Labute approximate surface area is 124 Å². The number of likely N-dealkylation sites (tertiary alicyclic amines) is 1. The fourth-order valence-electron chi connectivity index (χ4n) is 2.35. The molecule has 5 heteroatoms. The van der Waals surface area contributed by atoms with Crippen LogP contribution in [0.4, 0.5) is 0 Å². The van der Waals surface area contributed by atoms with E-state index in [2.05, 4.69) is 15.9 Å². The summed E-state index contributed by atoms with van der Waals surface area (Å²) in [6, 6.07) is 13.6. The molecule has 1 saturated heterocycles. The number of benzene rings is 1. The lowest BCUT2D eigenvalue weighted by Crippen LogP contribution is -2.62. The molecule has 19 heavy (non-hydrogen) atoms. The number of hydrogen-bond donors (Lipinski definition) is 1. The molecule has 3 rings (SSSR count). The predicted molar refractivity (Wildman–Crippen MR) is 79.7 cm³/mol. The van der Waals surface area contributed by atoms with Gasteiger partial charge in [-0.2, -0.15) is 0 Å². The van der Waals surface area contributed by atoms with Crippen molar-refractivity contribution in [3.8, 4) is 0 Å². The predicted octanol–water partition coefficient (Wildman–Crippen LogP) is 2.92. The molecule has 98 valence electrons. The second kappa shape index (κ2) is 5.07. The van der Waals surface area contributed by atoms with Crippen molar-refractivity contribution < 1.29 is 4.79 Å². The summed E-state index contributed by atoms with van der Waals surface area (Å²) in [7, 11) is 0. The molecule has 3 nitrogen and oxygen atoms in total. The van der Waals surface area contributed by atoms with Crippen LogP contribution in [-0.2, 0) is 11.3 Å². The maximum absolute atomic E-state index is 12.0. The third-order valence-corrected chi connectivity index (χ3v) is 5.02. The first-order valence-corrected chi connectivity index (χ1v) is 7.63. The van der Waals surface area contributed by atoms with Gasteiger partial charge in [0.1, 0.15) is 6.04 Å². The van der Waals surface area contributed by atoms with E-state index in [0.29, 0.717) is 6.54 Å². The van der Waals surface area contributed by atoms with Crippen LogP contribution >= 0.6 is 27.3 Å².